The van der Waals surface area contributed by atoms with E-state index in [9.17, 15) is 0 Å². The maximum absolute atomic E-state index is 7.89. The Morgan fingerprint density at radius 2 is 1.95 bits per heavy atom. The molecule has 3 N–H and O–H groups in total. The second-order valence-electron chi connectivity index (χ2n) is 5.06. The molecule has 0 atom stereocenters. The number of nitrogen functional groups attached to an aromatic ring is 1. The van der Waals surface area contributed by atoms with E-state index in [1.165, 1.54) is 0 Å². The zero-order chi connectivity index (χ0) is 15.1. The summed E-state index contributed by atoms with van der Waals surface area (Å²) in [6.07, 6.45) is 3.10. The molecule has 112 valence electrons. The van der Waals surface area contributed by atoms with Crippen LogP contribution < -0.4 is 10.6 Å². The smallest absolute Gasteiger partial charge is 0.126 e. The van der Waals surface area contributed by atoms with E-state index in [0.717, 1.165) is 42.2 Å². The second kappa shape index (κ2) is 8.17. The topological polar surface area (TPSA) is 56.4 Å². The molecule has 0 radical (unpaired) electrons. The molecule has 0 aliphatic carbocycles. The Bertz CT molecular complexity index is 445. The quantitative estimate of drug-likeness (QED) is 0.439. The number of benzene rings is 1. The molecule has 0 unspecified atom stereocenters. The first-order valence-electron chi connectivity index (χ1n) is 6.92. The van der Waals surface area contributed by atoms with Gasteiger partial charge in [-0.3, -0.25) is 5.41 Å². The summed E-state index contributed by atoms with van der Waals surface area (Å²) in [5, 5.41) is 7.89. The van der Waals surface area contributed by atoms with Crippen LogP contribution in [-0.2, 0) is 0 Å². The molecule has 0 spiro atoms. The first-order chi connectivity index (χ1) is 9.51. The van der Waals surface area contributed by atoms with Gasteiger partial charge in [-0.15, -0.1) is 11.8 Å². The van der Waals surface area contributed by atoms with Crippen LogP contribution in [0.5, 0.6) is 0 Å². The Morgan fingerprint density at radius 1 is 1.25 bits per heavy atom. The lowest BCUT2D eigenvalue weighted by Crippen LogP contribution is -2.34. The number of thioether (sulfide) groups is 1. The fraction of sp³-hybridized carbons (Fsp3) is 0.533. The van der Waals surface area contributed by atoms with Crippen molar-refractivity contribution in [2.45, 2.75) is 18.2 Å². The molecule has 0 bridgehead atoms. The van der Waals surface area contributed by atoms with Crippen LogP contribution in [0.15, 0.2) is 23.1 Å². The summed E-state index contributed by atoms with van der Waals surface area (Å²) in [5.74, 6) is 0.149. The van der Waals surface area contributed by atoms with E-state index in [0.29, 0.717) is 0 Å². The van der Waals surface area contributed by atoms with Crippen molar-refractivity contribution in [3.63, 3.8) is 0 Å². The zero-order valence-electron chi connectivity index (χ0n) is 12.9. The lowest BCUT2D eigenvalue weighted by molar-refractivity contribution is 0.413. The number of rotatable bonds is 8. The van der Waals surface area contributed by atoms with Crippen molar-refractivity contribution in [3.05, 3.63) is 23.8 Å². The molecule has 0 amide bonds. The zero-order valence-corrected chi connectivity index (χ0v) is 13.8. The second-order valence-corrected chi connectivity index (χ2v) is 5.91. The molecule has 0 aliphatic rings. The van der Waals surface area contributed by atoms with Gasteiger partial charge in [0.05, 0.1) is 5.56 Å². The highest BCUT2D eigenvalue weighted by Gasteiger charge is 2.16. The van der Waals surface area contributed by atoms with E-state index < -0.39 is 0 Å². The van der Waals surface area contributed by atoms with Gasteiger partial charge >= 0.3 is 0 Å². The number of hydrogen-bond acceptors (Lipinski definition) is 4. The van der Waals surface area contributed by atoms with Gasteiger partial charge in [0.2, 0.25) is 0 Å². The monoisotopic (exact) mass is 294 g/mol. The molecule has 1 aromatic rings. The Morgan fingerprint density at radius 3 is 2.45 bits per heavy atom. The molecule has 1 aromatic carbocycles. The number of nitrogens with two attached hydrogens (primary N) is 1. The van der Waals surface area contributed by atoms with Gasteiger partial charge in [-0.05, 0) is 38.9 Å². The highest BCUT2D eigenvalue weighted by molar-refractivity contribution is 7.98. The Hall–Kier alpha value is -1.20. The van der Waals surface area contributed by atoms with E-state index in [2.05, 4.69) is 36.9 Å². The summed E-state index contributed by atoms with van der Waals surface area (Å²) >= 11 is 1.64. The Balaban J connectivity index is 3.14. The Kier molecular flexibility index (Phi) is 6.88. The van der Waals surface area contributed by atoms with Crippen LogP contribution in [0.3, 0.4) is 0 Å². The van der Waals surface area contributed by atoms with E-state index >= 15 is 0 Å². The third-order valence-electron chi connectivity index (χ3n) is 3.14. The predicted molar refractivity (Wildman–Crippen MR) is 90.3 cm³/mol. The molecule has 0 aromatic heterocycles. The van der Waals surface area contributed by atoms with Gasteiger partial charge in [0.1, 0.15) is 5.84 Å². The first-order valence-corrected chi connectivity index (χ1v) is 8.14. The first kappa shape index (κ1) is 16.9. The fourth-order valence-electron chi connectivity index (χ4n) is 2.17. The number of nitrogens with zero attached hydrogens (tertiary/aromatic N) is 2. The molecular weight excluding hydrogens is 268 g/mol. The third kappa shape index (κ3) is 4.42. The SMILES string of the molecule is CCCN(CCN(C)C)c1cccc(SC)c1C(=N)N. The van der Waals surface area contributed by atoms with Crippen LogP contribution in [0.2, 0.25) is 0 Å². The number of amidine groups is 1. The van der Waals surface area contributed by atoms with Gasteiger partial charge in [0.25, 0.3) is 0 Å². The summed E-state index contributed by atoms with van der Waals surface area (Å²) < 4.78 is 0. The average Bonchev–Trinajstić information content (AvgIpc) is 2.42. The van der Waals surface area contributed by atoms with Crippen LogP contribution in [0.1, 0.15) is 18.9 Å². The number of nitrogens with one attached hydrogen (secondary N) is 1. The minimum absolute atomic E-state index is 0.149. The van der Waals surface area contributed by atoms with Crippen molar-refractivity contribution >= 4 is 23.3 Å². The van der Waals surface area contributed by atoms with Gasteiger partial charge in [0.15, 0.2) is 0 Å². The fourth-order valence-corrected chi connectivity index (χ4v) is 2.80. The number of likely N-dealkylation sites (N-methyl/N-ethyl adjacent to an activating group) is 1. The van der Waals surface area contributed by atoms with Crippen molar-refractivity contribution in [1.82, 2.24) is 4.90 Å². The molecule has 0 heterocycles. The summed E-state index contributed by atoms with van der Waals surface area (Å²) in [7, 11) is 4.16. The molecule has 20 heavy (non-hydrogen) atoms. The van der Waals surface area contributed by atoms with E-state index in [1.54, 1.807) is 11.8 Å². The van der Waals surface area contributed by atoms with Crippen molar-refractivity contribution in [1.29, 1.82) is 5.41 Å². The lowest BCUT2D eigenvalue weighted by Gasteiger charge is -2.28. The van der Waals surface area contributed by atoms with Crippen LogP contribution >= 0.6 is 11.8 Å². The summed E-state index contributed by atoms with van der Waals surface area (Å²) in [6, 6.07) is 6.15. The van der Waals surface area contributed by atoms with Gasteiger partial charge in [-0.25, -0.2) is 0 Å². The largest absolute Gasteiger partial charge is 0.384 e. The molecular formula is C15H26N4S. The van der Waals surface area contributed by atoms with E-state index in [1.807, 2.05) is 18.4 Å². The molecule has 4 nitrogen and oxygen atoms in total. The van der Waals surface area contributed by atoms with Gasteiger partial charge in [-0.2, -0.15) is 0 Å². The normalized spacial score (nSPS) is 10.8. The standard InChI is InChI=1S/C15H26N4S/c1-5-9-19(11-10-18(2)3)12-7-6-8-13(20-4)14(12)15(16)17/h6-8H,5,9-11H2,1-4H3,(H3,16,17). The van der Waals surface area contributed by atoms with Crippen LogP contribution in [0.25, 0.3) is 0 Å². The summed E-state index contributed by atoms with van der Waals surface area (Å²) in [4.78, 5) is 5.58. The summed E-state index contributed by atoms with van der Waals surface area (Å²) in [5.41, 5.74) is 7.76. The van der Waals surface area contributed by atoms with Crippen molar-refractivity contribution in [2.75, 3.05) is 44.9 Å². The Labute approximate surface area is 126 Å². The van der Waals surface area contributed by atoms with Gasteiger partial charge in [0, 0.05) is 30.2 Å². The summed E-state index contributed by atoms with van der Waals surface area (Å²) in [6.45, 7) is 5.08. The minimum Gasteiger partial charge on any atom is -0.384 e. The molecule has 5 heteroatoms. The van der Waals surface area contributed by atoms with Crippen LogP contribution in [0, 0.1) is 5.41 Å². The average molecular weight is 294 g/mol. The molecule has 0 saturated heterocycles. The maximum Gasteiger partial charge on any atom is 0.126 e. The van der Waals surface area contributed by atoms with Crippen LogP contribution in [-0.4, -0.2) is 50.7 Å². The predicted octanol–water partition coefficient (Wildman–Crippen LogP) is 2.47. The van der Waals surface area contributed by atoms with Crippen molar-refractivity contribution in [2.24, 2.45) is 5.73 Å². The highest BCUT2D eigenvalue weighted by atomic mass is 32.2. The molecule has 0 fully saturated rings. The maximum atomic E-state index is 7.89. The van der Waals surface area contributed by atoms with Crippen molar-refractivity contribution in [3.8, 4) is 0 Å². The molecule has 0 saturated carbocycles. The molecule has 1 rings (SSSR count). The van der Waals surface area contributed by atoms with E-state index in [4.69, 9.17) is 11.1 Å². The minimum atomic E-state index is 0.149. The van der Waals surface area contributed by atoms with Gasteiger partial charge < -0.3 is 15.5 Å². The third-order valence-corrected chi connectivity index (χ3v) is 3.92. The van der Waals surface area contributed by atoms with Gasteiger partial charge in [-0.1, -0.05) is 13.0 Å². The van der Waals surface area contributed by atoms with E-state index in [-0.39, 0.29) is 5.84 Å². The number of hydrogen-bond donors (Lipinski definition) is 2. The van der Waals surface area contributed by atoms with Crippen LogP contribution in [0.4, 0.5) is 5.69 Å². The van der Waals surface area contributed by atoms with Crippen molar-refractivity contribution < 1.29 is 0 Å². The number of anilines is 1. The highest BCUT2D eigenvalue weighted by Crippen LogP contribution is 2.29. The lowest BCUT2D eigenvalue weighted by atomic mass is 10.1. The molecule has 0 aliphatic heterocycles.